The number of anilines is 1. The first kappa shape index (κ1) is 18.4. The number of hydrogen-bond acceptors (Lipinski definition) is 4. The molecule has 2 aromatic rings. The van der Waals surface area contributed by atoms with Crippen LogP contribution < -0.4 is 15.8 Å². The molecule has 1 amide bonds. The molecule has 0 spiro atoms. The largest absolute Gasteiger partial charge is 0.486 e. The summed E-state index contributed by atoms with van der Waals surface area (Å²) in [6.07, 6.45) is 4.60. The lowest BCUT2D eigenvalue weighted by molar-refractivity contribution is 0.0951. The van der Waals surface area contributed by atoms with Gasteiger partial charge in [-0.25, -0.2) is 9.37 Å². The van der Waals surface area contributed by atoms with E-state index in [0.717, 1.165) is 12.5 Å². The number of halogens is 2. The van der Waals surface area contributed by atoms with Crippen LogP contribution in [-0.4, -0.2) is 17.5 Å². The maximum Gasteiger partial charge on any atom is 0.255 e. The first-order chi connectivity index (χ1) is 12.0. The Balaban J connectivity index is 2.02. The summed E-state index contributed by atoms with van der Waals surface area (Å²) in [6.45, 7) is 2.19. The molecule has 2 rings (SSSR count). The quantitative estimate of drug-likeness (QED) is 0.595. The van der Waals surface area contributed by atoms with Gasteiger partial charge in [-0.05, 0) is 24.6 Å². The lowest BCUT2D eigenvalue weighted by Crippen LogP contribution is -2.24. The zero-order valence-corrected chi connectivity index (χ0v) is 13.8. The molecule has 1 aromatic heterocycles. The number of pyridine rings is 1. The highest BCUT2D eigenvalue weighted by Crippen LogP contribution is 2.20. The molecule has 0 saturated carbocycles. The molecule has 7 heteroatoms. The number of ether oxygens (including phenoxy) is 1. The van der Waals surface area contributed by atoms with E-state index in [1.54, 1.807) is 12.1 Å². The van der Waals surface area contributed by atoms with Crippen molar-refractivity contribution in [3.05, 3.63) is 65.4 Å². The summed E-state index contributed by atoms with van der Waals surface area (Å²) in [6, 6.07) is 6.95. The van der Waals surface area contributed by atoms with Gasteiger partial charge in [0.2, 0.25) is 5.95 Å². The standard InChI is InChI=1S/C18H19F2N3O2/c1-2-3-4-10-25-14-7-5-6-12(16(14)20)11-22-18(24)13-8-9-15(19)23-17(13)21/h3-9H,2,10-11H2,1H3,(H2,21,23)(H,22,24)/b4-3+. The van der Waals surface area contributed by atoms with Crippen molar-refractivity contribution in [3.63, 3.8) is 0 Å². The van der Waals surface area contributed by atoms with E-state index in [0.29, 0.717) is 0 Å². The molecule has 0 aliphatic heterocycles. The number of aromatic nitrogens is 1. The van der Waals surface area contributed by atoms with E-state index >= 15 is 0 Å². The maximum absolute atomic E-state index is 14.4. The molecule has 0 radical (unpaired) electrons. The van der Waals surface area contributed by atoms with Crippen LogP contribution in [0.5, 0.6) is 5.75 Å². The Bertz CT molecular complexity index is 779. The van der Waals surface area contributed by atoms with Gasteiger partial charge in [0.15, 0.2) is 11.6 Å². The molecule has 132 valence electrons. The summed E-state index contributed by atoms with van der Waals surface area (Å²) in [5, 5.41) is 2.53. The van der Waals surface area contributed by atoms with E-state index in [-0.39, 0.29) is 35.8 Å². The number of carbonyl (C=O) groups is 1. The number of nitrogen functional groups attached to an aromatic ring is 1. The number of hydrogen-bond donors (Lipinski definition) is 2. The van der Waals surface area contributed by atoms with Crippen molar-refractivity contribution in [3.8, 4) is 5.75 Å². The first-order valence-corrected chi connectivity index (χ1v) is 7.78. The zero-order valence-electron chi connectivity index (χ0n) is 13.8. The van der Waals surface area contributed by atoms with Crippen LogP contribution in [-0.2, 0) is 6.54 Å². The van der Waals surface area contributed by atoms with Crippen LogP contribution in [0.15, 0.2) is 42.5 Å². The number of nitrogens with two attached hydrogens (primary N) is 1. The number of allylic oxidation sites excluding steroid dienone is 1. The van der Waals surface area contributed by atoms with E-state index in [1.807, 2.05) is 13.0 Å². The molecule has 3 N–H and O–H groups in total. The summed E-state index contributed by atoms with van der Waals surface area (Å²) in [5.74, 6) is -2.00. The highest BCUT2D eigenvalue weighted by atomic mass is 19.1. The van der Waals surface area contributed by atoms with Crippen molar-refractivity contribution in [2.45, 2.75) is 19.9 Å². The van der Waals surface area contributed by atoms with Gasteiger partial charge in [-0.2, -0.15) is 4.39 Å². The van der Waals surface area contributed by atoms with Crippen molar-refractivity contribution in [2.24, 2.45) is 0 Å². The smallest absolute Gasteiger partial charge is 0.255 e. The number of amides is 1. The molecule has 25 heavy (non-hydrogen) atoms. The molecule has 1 aromatic carbocycles. The molecule has 0 aliphatic rings. The molecule has 0 atom stereocenters. The monoisotopic (exact) mass is 347 g/mol. The van der Waals surface area contributed by atoms with Crippen LogP contribution in [0.1, 0.15) is 29.3 Å². The van der Waals surface area contributed by atoms with Gasteiger partial charge < -0.3 is 15.8 Å². The highest BCUT2D eigenvalue weighted by molar-refractivity contribution is 5.98. The third kappa shape index (κ3) is 5.00. The lowest BCUT2D eigenvalue weighted by atomic mass is 10.2. The molecule has 0 saturated heterocycles. The SMILES string of the molecule is CC/C=C/COc1cccc(CNC(=O)c2ccc(F)nc2N)c1F. The summed E-state index contributed by atoms with van der Waals surface area (Å²) in [5.41, 5.74) is 5.80. The molecule has 0 bridgehead atoms. The summed E-state index contributed by atoms with van der Waals surface area (Å²) >= 11 is 0. The van der Waals surface area contributed by atoms with Crippen LogP contribution in [0.3, 0.4) is 0 Å². The van der Waals surface area contributed by atoms with Gasteiger partial charge >= 0.3 is 0 Å². The van der Waals surface area contributed by atoms with Crippen molar-refractivity contribution in [1.82, 2.24) is 10.3 Å². The van der Waals surface area contributed by atoms with Gasteiger partial charge in [0.05, 0.1) is 5.56 Å². The zero-order chi connectivity index (χ0) is 18.2. The average Bonchev–Trinajstić information content (AvgIpc) is 2.58. The molecular weight excluding hydrogens is 328 g/mol. The molecule has 0 fully saturated rings. The molecule has 1 heterocycles. The fraction of sp³-hybridized carbons (Fsp3) is 0.222. The fourth-order valence-corrected chi connectivity index (χ4v) is 2.09. The fourth-order valence-electron chi connectivity index (χ4n) is 2.09. The topological polar surface area (TPSA) is 77.2 Å². The predicted octanol–water partition coefficient (Wildman–Crippen LogP) is 3.22. The Morgan fingerprint density at radius 2 is 2.08 bits per heavy atom. The Morgan fingerprint density at radius 3 is 2.80 bits per heavy atom. The summed E-state index contributed by atoms with van der Waals surface area (Å²) < 4.78 is 32.7. The Hall–Kier alpha value is -2.96. The third-order valence-corrected chi connectivity index (χ3v) is 3.36. The highest BCUT2D eigenvalue weighted by Gasteiger charge is 2.14. The van der Waals surface area contributed by atoms with Gasteiger partial charge in [0.25, 0.3) is 5.91 Å². The second-order valence-electron chi connectivity index (χ2n) is 5.17. The van der Waals surface area contributed by atoms with Crippen molar-refractivity contribution in [2.75, 3.05) is 12.3 Å². The number of rotatable bonds is 7. The minimum atomic E-state index is -0.776. The van der Waals surface area contributed by atoms with Gasteiger partial charge in [0, 0.05) is 12.1 Å². The van der Waals surface area contributed by atoms with E-state index in [4.69, 9.17) is 10.5 Å². The second-order valence-corrected chi connectivity index (χ2v) is 5.17. The van der Waals surface area contributed by atoms with Crippen LogP contribution in [0.4, 0.5) is 14.6 Å². The van der Waals surface area contributed by atoms with Gasteiger partial charge in [-0.1, -0.05) is 31.2 Å². The van der Waals surface area contributed by atoms with Crippen molar-refractivity contribution in [1.29, 1.82) is 0 Å². The van der Waals surface area contributed by atoms with Crippen LogP contribution in [0.2, 0.25) is 0 Å². The second kappa shape index (κ2) is 8.77. The van der Waals surface area contributed by atoms with E-state index in [9.17, 15) is 13.6 Å². The van der Waals surface area contributed by atoms with E-state index < -0.39 is 17.7 Å². The van der Waals surface area contributed by atoms with Crippen molar-refractivity contribution < 1.29 is 18.3 Å². The number of nitrogens with one attached hydrogen (secondary N) is 1. The predicted molar refractivity (Wildman–Crippen MR) is 91.1 cm³/mol. The number of nitrogens with zero attached hydrogens (tertiary/aromatic N) is 1. The van der Waals surface area contributed by atoms with Gasteiger partial charge in [0.1, 0.15) is 12.4 Å². The Morgan fingerprint density at radius 1 is 1.28 bits per heavy atom. The number of benzene rings is 1. The van der Waals surface area contributed by atoms with Crippen LogP contribution in [0.25, 0.3) is 0 Å². The Kier molecular flexibility index (Phi) is 6.45. The first-order valence-electron chi connectivity index (χ1n) is 7.78. The summed E-state index contributed by atoms with van der Waals surface area (Å²) in [4.78, 5) is 15.5. The summed E-state index contributed by atoms with van der Waals surface area (Å²) in [7, 11) is 0. The third-order valence-electron chi connectivity index (χ3n) is 3.36. The van der Waals surface area contributed by atoms with Crippen LogP contribution in [0, 0.1) is 11.8 Å². The molecule has 5 nitrogen and oxygen atoms in total. The molecule has 0 unspecified atom stereocenters. The normalized spacial score (nSPS) is 10.8. The van der Waals surface area contributed by atoms with Gasteiger partial charge in [-0.3, -0.25) is 4.79 Å². The minimum Gasteiger partial charge on any atom is -0.486 e. The van der Waals surface area contributed by atoms with Gasteiger partial charge in [-0.15, -0.1) is 0 Å². The number of carbonyl (C=O) groups excluding carboxylic acids is 1. The lowest BCUT2D eigenvalue weighted by Gasteiger charge is -2.10. The average molecular weight is 347 g/mol. The van der Waals surface area contributed by atoms with E-state index in [1.165, 1.54) is 18.2 Å². The Labute approximate surface area is 144 Å². The molecule has 0 aliphatic carbocycles. The maximum atomic E-state index is 14.4. The van der Waals surface area contributed by atoms with Crippen molar-refractivity contribution >= 4 is 11.7 Å². The molecular formula is C18H19F2N3O2. The minimum absolute atomic E-state index is 0.0268. The van der Waals surface area contributed by atoms with Crippen LogP contribution >= 0.6 is 0 Å². The van der Waals surface area contributed by atoms with E-state index in [2.05, 4.69) is 10.3 Å².